The number of hydrogen-bond acceptors (Lipinski definition) is 1. The van der Waals surface area contributed by atoms with Crippen LogP contribution in [0.1, 0.15) is 45.1 Å². The highest BCUT2D eigenvalue weighted by Crippen LogP contribution is 2.44. The SMILES string of the molecule is CC(C)C1CCCC(O)(c2ccc(Br)c(Cl)c2F)C1. The van der Waals surface area contributed by atoms with E-state index in [1.165, 1.54) is 0 Å². The van der Waals surface area contributed by atoms with Crippen LogP contribution in [0.4, 0.5) is 4.39 Å². The van der Waals surface area contributed by atoms with Crippen molar-refractivity contribution in [1.29, 1.82) is 0 Å². The molecule has 0 bridgehead atoms. The van der Waals surface area contributed by atoms with Gasteiger partial charge in [0.15, 0.2) is 0 Å². The van der Waals surface area contributed by atoms with Gasteiger partial charge >= 0.3 is 0 Å². The normalized spacial score (nSPS) is 27.8. The molecule has 2 atom stereocenters. The van der Waals surface area contributed by atoms with Gasteiger partial charge in [-0.1, -0.05) is 31.5 Å². The lowest BCUT2D eigenvalue weighted by Crippen LogP contribution is -2.35. The van der Waals surface area contributed by atoms with Gasteiger partial charge in [-0.25, -0.2) is 4.39 Å². The van der Waals surface area contributed by atoms with Gasteiger partial charge in [0.1, 0.15) is 5.82 Å². The Bertz CT molecular complexity index is 477. The van der Waals surface area contributed by atoms with Crippen LogP contribution in [0.3, 0.4) is 0 Å². The van der Waals surface area contributed by atoms with Crippen LogP contribution in [-0.4, -0.2) is 5.11 Å². The first-order valence-corrected chi connectivity index (χ1v) is 7.88. The molecule has 1 aliphatic carbocycles. The van der Waals surface area contributed by atoms with Crippen LogP contribution in [0.25, 0.3) is 0 Å². The number of rotatable bonds is 2. The molecule has 1 nitrogen and oxygen atoms in total. The van der Waals surface area contributed by atoms with Gasteiger partial charge in [-0.3, -0.25) is 0 Å². The zero-order valence-electron chi connectivity index (χ0n) is 11.2. The average molecular weight is 350 g/mol. The maximum Gasteiger partial charge on any atom is 0.149 e. The lowest BCUT2D eigenvalue weighted by atomic mass is 9.71. The highest BCUT2D eigenvalue weighted by atomic mass is 79.9. The molecule has 1 aromatic carbocycles. The molecular weight excluding hydrogens is 331 g/mol. The van der Waals surface area contributed by atoms with Gasteiger partial charge < -0.3 is 5.11 Å². The Labute approximate surface area is 127 Å². The summed E-state index contributed by atoms with van der Waals surface area (Å²) in [5.74, 6) is 0.435. The molecule has 1 N–H and O–H groups in total. The van der Waals surface area contributed by atoms with Gasteiger partial charge in [0.2, 0.25) is 0 Å². The van der Waals surface area contributed by atoms with Crippen molar-refractivity contribution >= 4 is 27.5 Å². The van der Waals surface area contributed by atoms with Crippen LogP contribution in [0.15, 0.2) is 16.6 Å². The van der Waals surface area contributed by atoms with E-state index < -0.39 is 11.4 Å². The molecule has 0 amide bonds. The lowest BCUT2D eigenvalue weighted by molar-refractivity contribution is -0.0321. The van der Waals surface area contributed by atoms with Gasteiger partial charge in [-0.05, 0) is 59.5 Å². The fraction of sp³-hybridized carbons (Fsp3) is 0.600. The van der Waals surface area contributed by atoms with E-state index in [1.54, 1.807) is 12.1 Å². The highest BCUT2D eigenvalue weighted by molar-refractivity contribution is 9.10. The molecule has 0 aromatic heterocycles. The molecule has 2 rings (SSSR count). The van der Waals surface area contributed by atoms with E-state index in [1.807, 2.05) is 0 Å². The van der Waals surface area contributed by atoms with E-state index in [9.17, 15) is 9.50 Å². The molecule has 0 aliphatic heterocycles. The minimum atomic E-state index is -1.08. The standard InChI is InChI=1S/C15H19BrClFO/c1-9(2)10-4-3-7-15(19,8-10)11-5-6-12(16)13(17)14(11)18/h5-6,9-10,19H,3-4,7-8H2,1-2H3. The summed E-state index contributed by atoms with van der Waals surface area (Å²) >= 11 is 9.13. The predicted molar refractivity (Wildman–Crippen MR) is 79.8 cm³/mol. The molecular formula is C15H19BrClFO. The Morgan fingerprint density at radius 2 is 2.16 bits per heavy atom. The van der Waals surface area contributed by atoms with Crippen LogP contribution in [0.5, 0.6) is 0 Å². The number of hydrogen-bond donors (Lipinski definition) is 1. The fourth-order valence-electron chi connectivity index (χ4n) is 2.99. The van der Waals surface area contributed by atoms with Gasteiger partial charge in [0, 0.05) is 10.0 Å². The molecule has 1 aromatic rings. The third-order valence-electron chi connectivity index (χ3n) is 4.24. The first kappa shape index (κ1) is 15.3. The van der Waals surface area contributed by atoms with Gasteiger partial charge in [0.25, 0.3) is 0 Å². The second-order valence-electron chi connectivity index (χ2n) is 5.85. The highest BCUT2D eigenvalue weighted by Gasteiger charge is 2.39. The van der Waals surface area contributed by atoms with E-state index in [0.29, 0.717) is 34.7 Å². The van der Waals surface area contributed by atoms with E-state index in [0.717, 1.165) is 12.8 Å². The Morgan fingerprint density at radius 3 is 2.79 bits per heavy atom. The number of halogens is 3. The Kier molecular flexibility index (Phi) is 4.59. The van der Waals surface area contributed by atoms with Crippen molar-refractivity contribution in [1.82, 2.24) is 0 Å². The van der Waals surface area contributed by atoms with Crippen molar-refractivity contribution < 1.29 is 9.50 Å². The van der Waals surface area contributed by atoms with Gasteiger partial charge in [-0.2, -0.15) is 0 Å². The molecule has 1 saturated carbocycles. The third kappa shape index (κ3) is 2.98. The molecule has 4 heteroatoms. The fourth-order valence-corrected chi connectivity index (χ4v) is 3.46. The van der Waals surface area contributed by atoms with E-state index in [2.05, 4.69) is 29.8 Å². The summed E-state index contributed by atoms with van der Waals surface area (Å²) in [6, 6.07) is 3.35. The summed E-state index contributed by atoms with van der Waals surface area (Å²) in [5.41, 5.74) is -0.743. The Balaban J connectivity index is 2.37. The minimum Gasteiger partial charge on any atom is -0.385 e. The predicted octanol–water partition coefficient (Wildman–Crippen LogP) is 5.28. The summed E-state index contributed by atoms with van der Waals surface area (Å²) < 4.78 is 14.8. The van der Waals surface area contributed by atoms with Crippen molar-refractivity contribution in [2.24, 2.45) is 11.8 Å². The summed E-state index contributed by atoms with van der Waals surface area (Å²) in [6.07, 6.45) is 3.24. The average Bonchev–Trinajstić information content (AvgIpc) is 2.35. The first-order valence-electron chi connectivity index (χ1n) is 6.71. The lowest BCUT2D eigenvalue weighted by Gasteiger charge is -2.39. The molecule has 0 heterocycles. The van der Waals surface area contributed by atoms with E-state index >= 15 is 0 Å². The molecule has 1 fully saturated rings. The van der Waals surface area contributed by atoms with Crippen LogP contribution in [-0.2, 0) is 5.60 Å². The second-order valence-corrected chi connectivity index (χ2v) is 7.09. The van der Waals surface area contributed by atoms with Crippen LogP contribution in [0, 0.1) is 17.7 Å². The number of benzene rings is 1. The monoisotopic (exact) mass is 348 g/mol. The van der Waals surface area contributed by atoms with Crippen LogP contribution >= 0.6 is 27.5 Å². The second kappa shape index (κ2) is 5.71. The zero-order valence-corrected chi connectivity index (χ0v) is 13.6. The Hall–Kier alpha value is -0.120. The first-order chi connectivity index (χ1) is 8.85. The maximum absolute atomic E-state index is 14.3. The zero-order chi connectivity index (χ0) is 14.2. The molecule has 0 saturated heterocycles. The molecule has 1 aliphatic rings. The quantitative estimate of drug-likeness (QED) is 0.721. The third-order valence-corrected chi connectivity index (χ3v) is 5.50. The van der Waals surface area contributed by atoms with Crippen molar-refractivity contribution in [2.75, 3.05) is 0 Å². The van der Waals surface area contributed by atoms with Crippen molar-refractivity contribution in [3.05, 3.63) is 33.0 Å². The summed E-state index contributed by atoms with van der Waals surface area (Å²) in [4.78, 5) is 0. The minimum absolute atomic E-state index is 0.0533. The summed E-state index contributed by atoms with van der Waals surface area (Å²) in [7, 11) is 0. The summed E-state index contributed by atoms with van der Waals surface area (Å²) in [5, 5.41) is 10.9. The van der Waals surface area contributed by atoms with Crippen molar-refractivity contribution in [3.8, 4) is 0 Å². The summed E-state index contributed by atoms with van der Waals surface area (Å²) in [6.45, 7) is 4.31. The van der Waals surface area contributed by atoms with Gasteiger partial charge in [0.05, 0.1) is 10.6 Å². The van der Waals surface area contributed by atoms with E-state index in [-0.39, 0.29) is 5.02 Å². The molecule has 0 spiro atoms. The molecule has 106 valence electrons. The smallest absolute Gasteiger partial charge is 0.149 e. The van der Waals surface area contributed by atoms with Crippen molar-refractivity contribution in [3.63, 3.8) is 0 Å². The van der Waals surface area contributed by atoms with Crippen LogP contribution < -0.4 is 0 Å². The Morgan fingerprint density at radius 1 is 1.47 bits per heavy atom. The van der Waals surface area contributed by atoms with E-state index in [4.69, 9.17) is 11.6 Å². The molecule has 19 heavy (non-hydrogen) atoms. The molecule has 0 radical (unpaired) electrons. The van der Waals surface area contributed by atoms with Crippen LogP contribution in [0.2, 0.25) is 5.02 Å². The van der Waals surface area contributed by atoms with Crippen molar-refractivity contribution in [2.45, 2.75) is 45.1 Å². The number of aliphatic hydroxyl groups is 1. The largest absolute Gasteiger partial charge is 0.385 e. The van der Waals surface area contributed by atoms with Gasteiger partial charge in [-0.15, -0.1) is 0 Å². The molecule has 2 unspecified atom stereocenters. The topological polar surface area (TPSA) is 20.2 Å². The maximum atomic E-state index is 14.3.